The molecule has 0 atom stereocenters. The van der Waals surface area contributed by atoms with E-state index in [1.54, 1.807) is 12.3 Å². The summed E-state index contributed by atoms with van der Waals surface area (Å²) in [6, 6.07) is 12.3. The van der Waals surface area contributed by atoms with Crippen molar-refractivity contribution in [2.45, 2.75) is 25.3 Å². The molecule has 3 aromatic rings. The topological polar surface area (TPSA) is 57.0 Å². The number of hydrogen-bond acceptors (Lipinski definition) is 4. The number of pyridine rings is 1. The molecule has 0 saturated heterocycles. The summed E-state index contributed by atoms with van der Waals surface area (Å²) in [5.74, 6) is 0.527. The minimum atomic E-state index is -0.390. The molecule has 1 saturated carbocycles. The zero-order valence-electron chi connectivity index (χ0n) is 12.9. The molecule has 0 N–H and O–H groups in total. The maximum atomic E-state index is 11.7. The summed E-state index contributed by atoms with van der Waals surface area (Å²) in [7, 11) is 1.37. The van der Waals surface area contributed by atoms with E-state index in [-0.39, 0.29) is 5.97 Å². The Labute approximate surface area is 133 Å². The molecule has 0 unspecified atom stereocenters. The van der Waals surface area contributed by atoms with Gasteiger partial charge in [0.1, 0.15) is 11.3 Å². The van der Waals surface area contributed by atoms with E-state index in [2.05, 4.69) is 21.7 Å². The Hall–Kier alpha value is -2.69. The summed E-state index contributed by atoms with van der Waals surface area (Å²) >= 11 is 0. The van der Waals surface area contributed by atoms with Crippen LogP contribution in [0.25, 0.3) is 22.6 Å². The molecular formula is C18H17N3O2. The van der Waals surface area contributed by atoms with Crippen LogP contribution in [0, 0.1) is 0 Å². The number of hydrogen-bond donors (Lipinski definition) is 0. The minimum absolute atomic E-state index is 0.390. The van der Waals surface area contributed by atoms with Crippen molar-refractivity contribution in [1.82, 2.24) is 14.5 Å². The number of aromatic nitrogens is 3. The van der Waals surface area contributed by atoms with Crippen LogP contribution in [0.2, 0.25) is 0 Å². The Morgan fingerprint density at radius 1 is 1.26 bits per heavy atom. The highest BCUT2D eigenvalue weighted by Crippen LogP contribution is 2.37. The van der Waals surface area contributed by atoms with Gasteiger partial charge in [-0.15, -0.1) is 0 Å². The highest BCUT2D eigenvalue weighted by molar-refractivity contribution is 5.92. The van der Waals surface area contributed by atoms with Gasteiger partial charge in [-0.05, 0) is 25.3 Å². The molecule has 23 heavy (non-hydrogen) atoms. The molecule has 0 spiro atoms. The lowest BCUT2D eigenvalue weighted by molar-refractivity contribution is 0.0600. The van der Waals surface area contributed by atoms with E-state index in [0.717, 1.165) is 35.4 Å². The zero-order valence-corrected chi connectivity index (χ0v) is 12.9. The Bertz CT molecular complexity index is 867. The van der Waals surface area contributed by atoms with Gasteiger partial charge in [-0.2, -0.15) is 0 Å². The number of benzene rings is 1. The molecule has 2 aromatic heterocycles. The van der Waals surface area contributed by atoms with E-state index in [9.17, 15) is 4.79 Å². The van der Waals surface area contributed by atoms with Crippen molar-refractivity contribution in [3.63, 3.8) is 0 Å². The molecule has 0 bridgehead atoms. The number of ether oxygens (including phenoxy) is 1. The summed E-state index contributed by atoms with van der Waals surface area (Å²) in [5, 5.41) is 0. The van der Waals surface area contributed by atoms with E-state index < -0.39 is 0 Å². The van der Waals surface area contributed by atoms with Crippen molar-refractivity contribution in [3.05, 3.63) is 48.2 Å². The fourth-order valence-electron chi connectivity index (χ4n) is 2.99. The fourth-order valence-corrected chi connectivity index (χ4v) is 2.99. The lowest BCUT2D eigenvalue weighted by Gasteiger charge is -2.28. The number of fused-ring (bicyclic) bond motifs is 1. The highest BCUT2D eigenvalue weighted by atomic mass is 16.5. The summed E-state index contributed by atoms with van der Waals surface area (Å²) in [6.45, 7) is 0. The van der Waals surface area contributed by atoms with Gasteiger partial charge in [0.15, 0.2) is 5.65 Å². The highest BCUT2D eigenvalue weighted by Gasteiger charge is 2.26. The number of nitrogens with zero attached hydrogens (tertiary/aromatic N) is 3. The molecule has 4 rings (SSSR count). The van der Waals surface area contributed by atoms with Crippen LogP contribution in [0.5, 0.6) is 0 Å². The van der Waals surface area contributed by atoms with Crippen molar-refractivity contribution in [2.75, 3.05) is 7.11 Å². The summed E-state index contributed by atoms with van der Waals surface area (Å²) < 4.78 is 6.99. The standard InChI is InChI=1S/C18H17N3O2/c1-23-18(22)13-10-15-17(19-11-13)21(14-8-5-9-14)16(20-15)12-6-3-2-4-7-12/h2-4,6-7,10-11,14H,5,8-9H2,1H3. The maximum Gasteiger partial charge on any atom is 0.339 e. The molecule has 0 aliphatic heterocycles. The molecule has 1 aliphatic rings. The van der Waals surface area contributed by atoms with Crippen molar-refractivity contribution >= 4 is 17.1 Å². The van der Waals surface area contributed by atoms with Crippen LogP contribution in [-0.2, 0) is 4.74 Å². The van der Waals surface area contributed by atoms with E-state index in [4.69, 9.17) is 9.72 Å². The summed E-state index contributed by atoms with van der Waals surface area (Å²) in [5.41, 5.74) is 3.06. The molecule has 116 valence electrons. The second-order valence-corrected chi connectivity index (χ2v) is 5.81. The predicted octanol–water partition coefficient (Wildman–Crippen LogP) is 3.61. The van der Waals surface area contributed by atoms with Gasteiger partial charge in [0.05, 0.1) is 12.7 Å². The third-order valence-electron chi connectivity index (χ3n) is 4.42. The predicted molar refractivity (Wildman–Crippen MR) is 87.2 cm³/mol. The average molecular weight is 307 g/mol. The SMILES string of the molecule is COC(=O)c1cnc2c(c1)nc(-c1ccccc1)n2C1CCC1. The van der Waals surface area contributed by atoms with Crippen molar-refractivity contribution < 1.29 is 9.53 Å². The zero-order chi connectivity index (χ0) is 15.8. The molecule has 0 amide bonds. The lowest BCUT2D eigenvalue weighted by atomic mass is 9.92. The third kappa shape index (κ3) is 2.29. The van der Waals surface area contributed by atoms with Gasteiger partial charge in [-0.25, -0.2) is 14.8 Å². The van der Waals surface area contributed by atoms with E-state index in [0.29, 0.717) is 11.6 Å². The van der Waals surface area contributed by atoms with Crippen LogP contribution in [0.4, 0.5) is 0 Å². The number of rotatable bonds is 3. The molecule has 5 heteroatoms. The number of imidazole rings is 1. The van der Waals surface area contributed by atoms with Crippen molar-refractivity contribution in [3.8, 4) is 11.4 Å². The van der Waals surface area contributed by atoms with E-state index >= 15 is 0 Å². The maximum absolute atomic E-state index is 11.7. The van der Waals surface area contributed by atoms with Gasteiger partial charge in [-0.3, -0.25) is 0 Å². The second-order valence-electron chi connectivity index (χ2n) is 5.81. The molecule has 2 heterocycles. The van der Waals surface area contributed by atoms with Crippen LogP contribution < -0.4 is 0 Å². The molecule has 1 aliphatic carbocycles. The molecule has 1 aromatic carbocycles. The molecule has 1 fully saturated rings. The van der Waals surface area contributed by atoms with Crippen molar-refractivity contribution in [2.24, 2.45) is 0 Å². The number of carbonyl (C=O) groups is 1. The van der Waals surface area contributed by atoms with Gasteiger partial charge in [0, 0.05) is 17.8 Å². The van der Waals surface area contributed by atoms with Crippen LogP contribution in [0.3, 0.4) is 0 Å². The Kier molecular flexibility index (Phi) is 3.33. The summed E-state index contributed by atoms with van der Waals surface area (Å²) in [4.78, 5) is 21.0. The van der Waals surface area contributed by atoms with Crippen LogP contribution >= 0.6 is 0 Å². The van der Waals surface area contributed by atoms with Gasteiger partial charge >= 0.3 is 5.97 Å². The first-order chi connectivity index (χ1) is 11.3. The van der Waals surface area contributed by atoms with Crippen molar-refractivity contribution in [1.29, 1.82) is 0 Å². The first-order valence-electron chi connectivity index (χ1n) is 7.79. The monoisotopic (exact) mass is 307 g/mol. The number of esters is 1. The van der Waals surface area contributed by atoms with Gasteiger partial charge in [0.2, 0.25) is 0 Å². The summed E-state index contributed by atoms with van der Waals surface area (Å²) in [6.07, 6.45) is 5.09. The van der Waals surface area contributed by atoms with Gasteiger partial charge < -0.3 is 9.30 Å². The van der Waals surface area contributed by atoms with Gasteiger partial charge in [-0.1, -0.05) is 30.3 Å². The number of methoxy groups -OCH3 is 1. The average Bonchev–Trinajstić information content (AvgIpc) is 2.92. The quantitative estimate of drug-likeness (QED) is 0.694. The smallest absolute Gasteiger partial charge is 0.339 e. The normalized spacial score (nSPS) is 14.7. The fraction of sp³-hybridized carbons (Fsp3) is 0.278. The largest absolute Gasteiger partial charge is 0.465 e. The lowest BCUT2D eigenvalue weighted by Crippen LogP contribution is -2.18. The molecular weight excluding hydrogens is 290 g/mol. The Balaban J connectivity index is 1.92. The second kappa shape index (κ2) is 5.50. The number of carbonyl (C=O) groups excluding carboxylic acids is 1. The Morgan fingerprint density at radius 3 is 2.70 bits per heavy atom. The first-order valence-corrected chi connectivity index (χ1v) is 7.79. The van der Waals surface area contributed by atoms with E-state index in [1.807, 2.05) is 18.2 Å². The van der Waals surface area contributed by atoms with Crippen LogP contribution in [-0.4, -0.2) is 27.6 Å². The first kappa shape index (κ1) is 13.9. The molecule has 0 radical (unpaired) electrons. The van der Waals surface area contributed by atoms with Crippen LogP contribution in [0.1, 0.15) is 35.7 Å². The molecule has 5 nitrogen and oxygen atoms in total. The van der Waals surface area contributed by atoms with Gasteiger partial charge in [0.25, 0.3) is 0 Å². The van der Waals surface area contributed by atoms with E-state index in [1.165, 1.54) is 13.5 Å². The third-order valence-corrected chi connectivity index (χ3v) is 4.42. The van der Waals surface area contributed by atoms with Crippen LogP contribution in [0.15, 0.2) is 42.6 Å². The minimum Gasteiger partial charge on any atom is -0.465 e. The Morgan fingerprint density at radius 2 is 2.04 bits per heavy atom.